The van der Waals surface area contributed by atoms with Gasteiger partial charge in [0.25, 0.3) is 0 Å². The molecule has 1 aliphatic rings. The van der Waals surface area contributed by atoms with Crippen LogP contribution in [-0.2, 0) is 9.47 Å². The van der Waals surface area contributed by atoms with E-state index < -0.39 is 5.43 Å². The minimum absolute atomic E-state index is 0.148. The molecule has 0 N–H and O–H groups in total. The fraction of sp³-hybridized carbons (Fsp3) is 0.833. The van der Waals surface area contributed by atoms with Crippen molar-refractivity contribution < 1.29 is 14.3 Å². The van der Waals surface area contributed by atoms with E-state index in [1.807, 2.05) is 6.92 Å². The normalized spacial score (nSPS) is 32.2. The third kappa shape index (κ3) is 1.85. The van der Waals surface area contributed by atoms with Crippen LogP contribution in [0, 0.1) is 5.92 Å². The van der Waals surface area contributed by atoms with Crippen LogP contribution in [0.3, 0.4) is 0 Å². The summed E-state index contributed by atoms with van der Waals surface area (Å²) >= 11 is 5.01. The maximum absolute atomic E-state index is 10.2. The van der Waals surface area contributed by atoms with Crippen molar-refractivity contribution in [1.29, 1.82) is 0 Å². The quantitative estimate of drug-likeness (QED) is 0.550. The van der Waals surface area contributed by atoms with Gasteiger partial charge in [0.1, 0.15) is 6.10 Å². The van der Waals surface area contributed by atoms with E-state index >= 15 is 0 Å². The van der Waals surface area contributed by atoms with Crippen molar-refractivity contribution >= 4 is 17.0 Å². The number of hydrogen-bond acceptors (Lipinski definition) is 3. The summed E-state index contributed by atoms with van der Waals surface area (Å²) in [7, 11) is 0. The van der Waals surface area contributed by atoms with Gasteiger partial charge in [0, 0.05) is 17.5 Å². The lowest BCUT2D eigenvalue weighted by atomic mass is 10.1. The van der Waals surface area contributed by atoms with E-state index in [0.29, 0.717) is 13.2 Å². The number of halogens is 1. The van der Waals surface area contributed by atoms with Gasteiger partial charge in [0.2, 0.25) is 0 Å². The first-order valence-electron chi connectivity index (χ1n) is 3.14. The first kappa shape index (κ1) is 7.82. The second-order valence-corrected chi connectivity index (χ2v) is 2.72. The zero-order chi connectivity index (χ0) is 7.56. The molecule has 0 aromatic rings. The summed E-state index contributed by atoms with van der Waals surface area (Å²) < 4.78 is 9.76. The molecule has 1 aliphatic heterocycles. The summed E-state index contributed by atoms with van der Waals surface area (Å²) in [6.07, 6.45) is -0.148. The largest absolute Gasteiger partial charge is 0.448 e. The first-order valence-corrected chi connectivity index (χ1v) is 3.52. The Labute approximate surface area is 64.3 Å². The van der Waals surface area contributed by atoms with Gasteiger partial charge < -0.3 is 9.47 Å². The molecule has 58 valence electrons. The van der Waals surface area contributed by atoms with Crippen LogP contribution in [-0.4, -0.2) is 24.7 Å². The van der Waals surface area contributed by atoms with E-state index in [2.05, 4.69) is 0 Å². The second kappa shape index (κ2) is 3.21. The van der Waals surface area contributed by atoms with Crippen LogP contribution < -0.4 is 0 Å². The molecular formula is C6H9ClO3. The van der Waals surface area contributed by atoms with Gasteiger partial charge in [0.05, 0.1) is 13.2 Å². The van der Waals surface area contributed by atoms with Gasteiger partial charge in [-0.05, 0) is 0 Å². The predicted molar refractivity (Wildman–Crippen MR) is 36.1 cm³/mol. The van der Waals surface area contributed by atoms with Gasteiger partial charge in [-0.3, -0.25) is 0 Å². The molecular weight excluding hydrogens is 156 g/mol. The molecule has 0 aliphatic carbocycles. The minimum atomic E-state index is -0.748. The van der Waals surface area contributed by atoms with Crippen LogP contribution in [0.2, 0.25) is 0 Å². The molecule has 0 aromatic carbocycles. The molecule has 10 heavy (non-hydrogen) atoms. The maximum Gasteiger partial charge on any atom is 0.404 e. The molecule has 0 spiro atoms. The molecule has 1 heterocycles. The van der Waals surface area contributed by atoms with Gasteiger partial charge in [-0.25, -0.2) is 4.79 Å². The zero-order valence-corrected chi connectivity index (χ0v) is 6.43. The summed E-state index contributed by atoms with van der Waals surface area (Å²) in [4.78, 5) is 10.2. The number of hydrogen-bond donors (Lipinski definition) is 0. The standard InChI is InChI=1S/C6H9ClO3/c1-4-2-9-3-5(4)10-6(7)8/h4-5H,2-3H2,1H3/t4-,5-/m1/s1. The highest BCUT2D eigenvalue weighted by Crippen LogP contribution is 2.16. The molecule has 0 bridgehead atoms. The van der Waals surface area contributed by atoms with Crippen molar-refractivity contribution in [3.8, 4) is 0 Å². The van der Waals surface area contributed by atoms with Crippen molar-refractivity contribution in [3.05, 3.63) is 0 Å². The van der Waals surface area contributed by atoms with Crippen LogP contribution in [0.4, 0.5) is 4.79 Å². The van der Waals surface area contributed by atoms with E-state index in [1.54, 1.807) is 0 Å². The third-order valence-corrected chi connectivity index (χ3v) is 1.63. The second-order valence-electron chi connectivity index (χ2n) is 2.41. The van der Waals surface area contributed by atoms with E-state index in [9.17, 15) is 4.79 Å². The Morgan fingerprint density at radius 2 is 2.40 bits per heavy atom. The molecule has 1 rings (SSSR count). The molecule has 1 fully saturated rings. The Hall–Kier alpha value is -0.280. The summed E-state index contributed by atoms with van der Waals surface area (Å²) in [6, 6.07) is 0. The Bertz CT molecular complexity index is 137. The Morgan fingerprint density at radius 1 is 1.70 bits per heavy atom. The SMILES string of the molecule is C[C@@H]1COC[C@H]1OC(=O)Cl. The molecule has 4 heteroatoms. The van der Waals surface area contributed by atoms with E-state index in [-0.39, 0.29) is 12.0 Å². The fourth-order valence-electron chi connectivity index (χ4n) is 0.911. The molecule has 1 saturated heterocycles. The number of carbonyl (C=O) groups is 1. The molecule has 0 amide bonds. The topological polar surface area (TPSA) is 35.5 Å². The predicted octanol–water partition coefficient (Wildman–Crippen LogP) is 1.40. The molecule has 3 nitrogen and oxygen atoms in total. The highest BCUT2D eigenvalue weighted by molar-refractivity contribution is 6.61. The molecule has 2 atom stereocenters. The van der Waals surface area contributed by atoms with E-state index in [4.69, 9.17) is 21.1 Å². The van der Waals surface area contributed by atoms with Gasteiger partial charge in [-0.15, -0.1) is 0 Å². The van der Waals surface area contributed by atoms with Gasteiger partial charge >= 0.3 is 5.43 Å². The monoisotopic (exact) mass is 164 g/mol. The van der Waals surface area contributed by atoms with Crippen molar-refractivity contribution in [2.75, 3.05) is 13.2 Å². The Morgan fingerprint density at radius 3 is 2.80 bits per heavy atom. The summed E-state index contributed by atoms with van der Waals surface area (Å²) in [5, 5.41) is 0. The maximum atomic E-state index is 10.2. The summed E-state index contributed by atoms with van der Waals surface area (Å²) in [6.45, 7) is 3.08. The average Bonchev–Trinajstić information content (AvgIpc) is 2.15. The highest BCUT2D eigenvalue weighted by Gasteiger charge is 2.26. The van der Waals surface area contributed by atoms with Crippen molar-refractivity contribution in [2.24, 2.45) is 5.92 Å². The van der Waals surface area contributed by atoms with Crippen LogP contribution in [0.5, 0.6) is 0 Å². The fourth-order valence-corrected chi connectivity index (χ4v) is 1.03. The minimum Gasteiger partial charge on any atom is -0.448 e. The smallest absolute Gasteiger partial charge is 0.404 e. The van der Waals surface area contributed by atoms with Crippen LogP contribution in [0.1, 0.15) is 6.92 Å². The molecule has 0 aromatic heterocycles. The first-order chi connectivity index (χ1) is 4.70. The summed E-state index contributed by atoms with van der Waals surface area (Å²) in [5.74, 6) is 0.266. The van der Waals surface area contributed by atoms with Gasteiger partial charge in [0.15, 0.2) is 0 Å². The van der Waals surface area contributed by atoms with E-state index in [1.165, 1.54) is 0 Å². The third-order valence-electron chi connectivity index (χ3n) is 1.54. The molecule has 0 unspecified atom stereocenters. The number of rotatable bonds is 1. The van der Waals surface area contributed by atoms with Gasteiger partial charge in [-0.1, -0.05) is 6.92 Å². The number of ether oxygens (including phenoxy) is 2. The highest BCUT2D eigenvalue weighted by atomic mass is 35.5. The molecule has 0 radical (unpaired) electrons. The summed E-state index contributed by atoms with van der Waals surface area (Å²) in [5.41, 5.74) is -0.748. The number of carbonyl (C=O) groups excluding carboxylic acids is 1. The van der Waals surface area contributed by atoms with Crippen LogP contribution >= 0.6 is 11.6 Å². The zero-order valence-electron chi connectivity index (χ0n) is 5.67. The van der Waals surface area contributed by atoms with Crippen molar-refractivity contribution in [1.82, 2.24) is 0 Å². The lowest BCUT2D eigenvalue weighted by molar-refractivity contribution is 0.0926. The van der Waals surface area contributed by atoms with E-state index in [0.717, 1.165) is 0 Å². The Kier molecular flexibility index (Phi) is 2.51. The van der Waals surface area contributed by atoms with Crippen molar-refractivity contribution in [2.45, 2.75) is 13.0 Å². The lowest BCUT2D eigenvalue weighted by Gasteiger charge is -2.10. The molecule has 0 saturated carbocycles. The van der Waals surface area contributed by atoms with Gasteiger partial charge in [-0.2, -0.15) is 0 Å². The van der Waals surface area contributed by atoms with Crippen LogP contribution in [0.15, 0.2) is 0 Å². The van der Waals surface area contributed by atoms with Crippen LogP contribution in [0.25, 0.3) is 0 Å². The van der Waals surface area contributed by atoms with Crippen molar-refractivity contribution in [3.63, 3.8) is 0 Å². The average molecular weight is 165 g/mol. The lowest BCUT2D eigenvalue weighted by Crippen LogP contribution is -2.20. The Balaban J connectivity index is 2.33.